The molecule has 1 amide bonds. The molecule has 2 rings (SSSR count). The molecule has 0 aliphatic carbocycles. The molecule has 0 heterocycles. The smallest absolute Gasteiger partial charge is 0.257 e. The number of hydrogen-bond donors (Lipinski definition) is 2. The topological polar surface area (TPSA) is 50.4 Å². The summed E-state index contributed by atoms with van der Waals surface area (Å²) < 4.78 is 5.47. The van der Waals surface area contributed by atoms with Crippen LogP contribution in [0.5, 0.6) is 5.75 Å². The molecular formula is C20H22N2O2S. The van der Waals surface area contributed by atoms with Gasteiger partial charge in [-0.2, -0.15) is 0 Å². The maximum atomic E-state index is 12.3. The van der Waals surface area contributed by atoms with Crippen molar-refractivity contribution in [2.75, 3.05) is 11.9 Å². The van der Waals surface area contributed by atoms with Gasteiger partial charge in [0.2, 0.25) is 0 Å². The number of benzene rings is 2. The lowest BCUT2D eigenvalue weighted by atomic mass is 10.0. The summed E-state index contributed by atoms with van der Waals surface area (Å²) in [4.78, 5) is 12.3. The van der Waals surface area contributed by atoms with Gasteiger partial charge in [-0.3, -0.25) is 10.1 Å². The zero-order valence-corrected chi connectivity index (χ0v) is 15.2. The zero-order valence-electron chi connectivity index (χ0n) is 14.4. The Kier molecular flexibility index (Phi) is 6.71. The Morgan fingerprint density at radius 2 is 1.96 bits per heavy atom. The fourth-order valence-electron chi connectivity index (χ4n) is 2.18. The van der Waals surface area contributed by atoms with Crippen LogP contribution in [0.25, 0.3) is 0 Å². The van der Waals surface area contributed by atoms with E-state index in [1.807, 2.05) is 30.3 Å². The van der Waals surface area contributed by atoms with Crippen molar-refractivity contribution in [1.29, 1.82) is 0 Å². The Balaban J connectivity index is 1.95. The number of hydrogen-bond acceptors (Lipinski definition) is 3. The molecule has 0 unspecified atom stereocenters. The van der Waals surface area contributed by atoms with Crippen LogP contribution in [0.15, 0.2) is 61.2 Å². The summed E-state index contributed by atoms with van der Waals surface area (Å²) in [6.45, 7) is 8.27. The highest BCUT2D eigenvalue weighted by molar-refractivity contribution is 7.80. The van der Waals surface area contributed by atoms with Crippen molar-refractivity contribution in [3.05, 3.63) is 72.3 Å². The Morgan fingerprint density at radius 1 is 1.24 bits per heavy atom. The number of amides is 1. The second-order valence-corrected chi connectivity index (χ2v) is 6.22. The third-order valence-corrected chi connectivity index (χ3v) is 3.73. The lowest BCUT2D eigenvalue weighted by Crippen LogP contribution is -2.34. The predicted molar refractivity (Wildman–Crippen MR) is 106 cm³/mol. The maximum absolute atomic E-state index is 12.3. The average Bonchev–Trinajstić information content (AvgIpc) is 2.60. The summed E-state index contributed by atoms with van der Waals surface area (Å²) >= 11 is 5.21. The summed E-state index contributed by atoms with van der Waals surface area (Å²) in [7, 11) is 0. The van der Waals surface area contributed by atoms with Crippen LogP contribution >= 0.6 is 12.2 Å². The molecule has 0 spiro atoms. The fourth-order valence-corrected chi connectivity index (χ4v) is 2.39. The van der Waals surface area contributed by atoms with E-state index in [2.05, 4.69) is 31.1 Å². The first-order chi connectivity index (χ1) is 12.0. The molecular weight excluding hydrogens is 332 g/mol. The Labute approximate surface area is 153 Å². The summed E-state index contributed by atoms with van der Waals surface area (Å²) in [6, 6.07) is 14.8. The Hall–Kier alpha value is -2.66. The number of carbonyl (C=O) groups excluding carboxylic acids is 1. The van der Waals surface area contributed by atoms with Gasteiger partial charge in [0, 0.05) is 17.3 Å². The molecule has 25 heavy (non-hydrogen) atoms. The lowest BCUT2D eigenvalue weighted by molar-refractivity contribution is 0.0977. The molecule has 0 atom stereocenters. The van der Waals surface area contributed by atoms with Gasteiger partial charge >= 0.3 is 0 Å². The third kappa shape index (κ3) is 5.72. The van der Waals surface area contributed by atoms with Crippen molar-refractivity contribution in [3.8, 4) is 5.75 Å². The number of thiocarbonyl (C=S) groups is 1. The SMILES string of the molecule is C=CCOc1cccc(NC(=S)NC(=O)c2ccc(C(C)C)cc2)c1. The molecule has 0 fully saturated rings. The van der Waals surface area contributed by atoms with Crippen LogP contribution in [0.2, 0.25) is 0 Å². The minimum Gasteiger partial charge on any atom is -0.489 e. The first kappa shape index (κ1) is 18.7. The van der Waals surface area contributed by atoms with E-state index in [4.69, 9.17) is 17.0 Å². The van der Waals surface area contributed by atoms with E-state index in [9.17, 15) is 4.79 Å². The average molecular weight is 354 g/mol. The molecule has 0 saturated heterocycles. The molecule has 0 radical (unpaired) electrons. The van der Waals surface area contributed by atoms with Gasteiger partial charge in [0.1, 0.15) is 12.4 Å². The van der Waals surface area contributed by atoms with Crippen LogP contribution in [0.3, 0.4) is 0 Å². The van der Waals surface area contributed by atoms with Gasteiger partial charge in [-0.25, -0.2) is 0 Å². The third-order valence-electron chi connectivity index (χ3n) is 3.53. The van der Waals surface area contributed by atoms with Gasteiger partial charge in [-0.05, 0) is 48.0 Å². The number of anilines is 1. The first-order valence-electron chi connectivity index (χ1n) is 8.05. The van der Waals surface area contributed by atoms with Crippen molar-refractivity contribution < 1.29 is 9.53 Å². The largest absolute Gasteiger partial charge is 0.489 e. The van der Waals surface area contributed by atoms with Crippen LogP contribution in [-0.2, 0) is 0 Å². The molecule has 0 saturated carbocycles. The van der Waals surface area contributed by atoms with Gasteiger partial charge in [0.15, 0.2) is 5.11 Å². The van der Waals surface area contributed by atoms with Gasteiger partial charge in [-0.1, -0.05) is 44.7 Å². The van der Waals surface area contributed by atoms with Gasteiger partial charge < -0.3 is 10.1 Å². The van der Waals surface area contributed by atoms with Gasteiger partial charge in [0.25, 0.3) is 5.91 Å². The minimum atomic E-state index is -0.244. The molecule has 5 heteroatoms. The second-order valence-electron chi connectivity index (χ2n) is 5.81. The highest BCUT2D eigenvalue weighted by Crippen LogP contribution is 2.17. The van der Waals surface area contributed by atoms with Crippen LogP contribution in [-0.4, -0.2) is 17.6 Å². The quantitative estimate of drug-likeness (QED) is 0.592. The number of carbonyl (C=O) groups is 1. The molecule has 0 bridgehead atoms. The number of ether oxygens (including phenoxy) is 1. The molecule has 4 nitrogen and oxygen atoms in total. The molecule has 0 aliphatic rings. The van der Waals surface area contributed by atoms with E-state index in [0.29, 0.717) is 23.8 Å². The molecule has 0 aliphatic heterocycles. The number of nitrogens with one attached hydrogen (secondary N) is 2. The van der Waals surface area contributed by atoms with Crippen LogP contribution < -0.4 is 15.4 Å². The van der Waals surface area contributed by atoms with Crippen molar-refractivity contribution in [2.24, 2.45) is 0 Å². The summed E-state index contributed by atoms with van der Waals surface area (Å²) in [6.07, 6.45) is 1.68. The standard InChI is InChI=1S/C20H22N2O2S/c1-4-12-24-18-7-5-6-17(13-18)21-20(25)22-19(23)16-10-8-15(9-11-16)14(2)3/h4-11,13-14H,1,12H2,2-3H3,(H2,21,22,23,25). The van der Waals surface area contributed by atoms with E-state index in [0.717, 1.165) is 5.69 Å². The predicted octanol–water partition coefficient (Wildman–Crippen LogP) is 4.50. The van der Waals surface area contributed by atoms with Gasteiger partial charge in [-0.15, -0.1) is 0 Å². The number of rotatable bonds is 6. The van der Waals surface area contributed by atoms with Crippen LogP contribution in [0.1, 0.15) is 35.7 Å². The molecule has 2 aromatic carbocycles. The van der Waals surface area contributed by atoms with Gasteiger partial charge in [0.05, 0.1) is 0 Å². The molecule has 2 aromatic rings. The summed E-state index contributed by atoms with van der Waals surface area (Å²) in [5.74, 6) is 0.880. The lowest BCUT2D eigenvalue weighted by Gasteiger charge is -2.11. The maximum Gasteiger partial charge on any atom is 0.257 e. The summed E-state index contributed by atoms with van der Waals surface area (Å²) in [5.41, 5.74) is 2.49. The van der Waals surface area contributed by atoms with E-state index < -0.39 is 0 Å². The Morgan fingerprint density at radius 3 is 2.60 bits per heavy atom. The fraction of sp³-hybridized carbons (Fsp3) is 0.200. The summed E-state index contributed by atoms with van der Waals surface area (Å²) in [5, 5.41) is 5.90. The first-order valence-corrected chi connectivity index (χ1v) is 8.46. The monoisotopic (exact) mass is 354 g/mol. The van der Waals surface area contributed by atoms with Crippen LogP contribution in [0.4, 0.5) is 5.69 Å². The zero-order chi connectivity index (χ0) is 18.2. The van der Waals surface area contributed by atoms with E-state index in [-0.39, 0.29) is 11.0 Å². The van der Waals surface area contributed by atoms with Crippen molar-refractivity contribution in [2.45, 2.75) is 19.8 Å². The molecule has 0 aromatic heterocycles. The molecule has 2 N–H and O–H groups in total. The van der Waals surface area contributed by atoms with E-state index in [1.165, 1.54) is 5.56 Å². The Bertz CT molecular complexity index is 755. The minimum absolute atomic E-state index is 0.235. The van der Waals surface area contributed by atoms with E-state index in [1.54, 1.807) is 24.3 Å². The van der Waals surface area contributed by atoms with Crippen molar-refractivity contribution in [1.82, 2.24) is 5.32 Å². The molecule has 130 valence electrons. The normalized spacial score (nSPS) is 10.2. The highest BCUT2D eigenvalue weighted by Gasteiger charge is 2.09. The van der Waals surface area contributed by atoms with E-state index >= 15 is 0 Å². The highest BCUT2D eigenvalue weighted by atomic mass is 32.1. The van der Waals surface area contributed by atoms with Crippen molar-refractivity contribution in [3.63, 3.8) is 0 Å². The van der Waals surface area contributed by atoms with Crippen molar-refractivity contribution >= 4 is 28.9 Å². The van der Waals surface area contributed by atoms with Crippen LogP contribution in [0, 0.1) is 0 Å². The second kappa shape index (κ2) is 8.99.